The number of rotatable bonds is 11. The summed E-state index contributed by atoms with van der Waals surface area (Å²) in [4.78, 5) is 24.7. The number of nitrogens with two attached hydrogens (primary N) is 3. The predicted molar refractivity (Wildman–Crippen MR) is 78.8 cm³/mol. The number of amides is 2. The van der Waals surface area contributed by atoms with Crippen LogP contribution in [-0.2, 0) is 9.59 Å². The molecule has 0 aromatic carbocycles. The highest BCUT2D eigenvalue weighted by atomic mass is 16.2. The van der Waals surface area contributed by atoms with Gasteiger partial charge >= 0.3 is 0 Å². The molecular weight excluding hydrogens is 260 g/mol. The molecule has 0 radical (unpaired) electrons. The fourth-order valence-electron chi connectivity index (χ4n) is 1.46. The van der Waals surface area contributed by atoms with Crippen molar-refractivity contribution >= 4 is 11.8 Å². The van der Waals surface area contributed by atoms with Gasteiger partial charge in [-0.2, -0.15) is 0 Å². The summed E-state index contributed by atoms with van der Waals surface area (Å²) in [6.07, 6.45) is 2.44. The van der Waals surface area contributed by atoms with E-state index in [0.717, 1.165) is 0 Å². The van der Waals surface area contributed by atoms with E-state index in [-0.39, 0.29) is 11.8 Å². The number of nitrogens with zero attached hydrogens (tertiary/aromatic N) is 1. The molecule has 0 bridgehead atoms. The Balaban J connectivity index is 3.99. The van der Waals surface area contributed by atoms with Crippen molar-refractivity contribution in [2.75, 3.05) is 52.4 Å². The topological polar surface area (TPSA) is 140 Å². The third kappa shape index (κ3) is 9.45. The quantitative estimate of drug-likeness (QED) is 0.202. The van der Waals surface area contributed by atoms with Gasteiger partial charge in [0.15, 0.2) is 0 Å². The van der Waals surface area contributed by atoms with Gasteiger partial charge in [-0.05, 0) is 0 Å². The van der Waals surface area contributed by atoms with Gasteiger partial charge in [0, 0.05) is 64.5 Å². The zero-order valence-electron chi connectivity index (χ0n) is 11.8. The molecule has 0 fully saturated rings. The number of carbonyl (C=O) groups excluding carboxylic acids is 2. The Labute approximate surface area is 119 Å². The predicted octanol–water partition coefficient (Wildman–Crippen LogP) is -3.05. The lowest BCUT2D eigenvalue weighted by Crippen LogP contribution is -2.38. The van der Waals surface area contributed by atoms with Crippen LogP contribution in [0.1, 0.15) is 0 Å². The van der Waals surface area contributed by atoms with E-state index in [1.807, 2.05) is 0 Å². The van der Waals surface area contributed by atoms with Crippen LogP contribution >= 0.6 is 0 Å². The molecule has 2 amide bonds. The van der Waals surface area contributed by atoms with Crippen LogP contribution in [-0.4, -0.2) is 69.1 Å². The molecule has 0 atom stereocenters. The highest BCUT2D eigenvalue weighted by Gasteiger charge is 2.08. The Kier molecular flexibility index (Phi) is 11.6. The van der Waals surface area contributed by atoms with Crippen molar-refractivity contribution in [3.8, 4) is 0 Å². The van der Waals surface area contributed by atoms with Crippen molar-refractivity contribution in [3.05, 3.63) is 12.2 Å². The lowest BCUT2D eigenvalue weighted by Gasteiger charge is -2.19. The Bertz CT molecular complexity index is 302. The van der Waals surface area contributed by atoms with Gasteiger partial charge in [0.1, 0.15) is 0 Å². The molecule has 8 heteroatoms. The van der Waals surface area contributed by atoms with Crippen molar-refractivity contribution in [1.82, 2.24) is 15.5 Å². The molecule has 20 heavy (non-hydrogen) atoms. The molecule has 0 aromatic heterocycles. The molecule has 0 aliphatic rings. The molecule has 0 heterocycles. The van der Waals surface area contributed by atoms with Gasteiger partial charge in [0.2, 0.25) is 11.8 Å². The molecule has 0 aliphatic carbocycles. The summed E-state index contributed by atoms with van der Waals surface area (Å²) >= 11 is 0. The van der Waals surface area contributed by atoms with Crippen molar-refractivity contribution in [2.24, 2.45) is 17.2 Å². The van der Waals surface area contributed by atoms with Crippen LogP contribution in [0, 0.1) is 0 Å². The van der Waals surface area contributed by atoms with Gasteiger partial charge < -0.3 is 32.7 Å². The Hall–Kier alpha value is -1.48. The maximum atomic E-state index is 11.8. The zero-order chi connectivity index (χ0) is 15.2. The van der Waals surface area contributed by atoms with Crippen molar-refractivity contribution in [1.29, 1.82) is 0 Å². The Morgan fingerprint density at radius 1 is 0.900 bits per heavy atom. The van der Waals surface area contributed by atoms with E-state index in [4.69, 9.17) is 17.2 Å². The lowest BCUT2D eigenvalue weighted by atomic mass is 10.3. The zero-order valence-corrected chi connectivity index (χ0v) is 11.8. The highest BCUT2D eigenvalue weighted by molar-refractivity contribution is 5.96. The number of hydrogen-bond donors (Lipinski definition) is 5. The first kappa shape index (κ1) is 18.5. The number of nitrogens with one attached hydrogen (secondary N) is 2. The van der Waals surface area contributed by atoms with Crippen molar-refractivity contribution in [3.63, 3.8) is 0 Å². The summed E-state index contributed by atoms with van der Waals surface area (Å²) < 4.78 is 0. The average molecular weight is 286 g/mol. The first-order chi connectivity index (χ1) is 9.65. The fraction of sp³-hybridized carbons (Fsp3) is 0.667. The van der Waals surface area contributed by atoms with E-state index in [1.54, 1.807) is 0 Å². The summed E-state index contributed by atoms with van der Waals surface area (Å²) in [5, 5.41) is 5.69. The van der Waals surface area contributed by atoms with Crippen LogP contribution in [0.5, 0.6) is 0 Å². The van der Waals surface area contributed by atoms with E-state index in [9.17, 15) is 9.59 Å². The maximum Gasteiger partial charge on any atom is 0.246 e. The molecule has 116 valence electrons. The molecule has 8 N–H and O–H groups in total. The molecule has 0 aliphatic heterocycles. The van der Waals surface area contributed by atoms with Gasteiger partial charge in [0.05, 0.1) is 0 Å². The highest BCUT2D eigenvalue weighted by Crippen LogP contribution is 1.90. The smallest absolute Gasteiger partial charge is 0.246 e. The van der Waals surface area contributed by atoms with Gasteiger partial charge in [-0.15, -0.1) is 0 Å². The standard InChI is InChI=1S/C12H26N6O2/c13-3-6-16-7-8-17-11(19)1-2-12(20)18(9-4-14)10-5-15/h1-2,16H,3-10,13-15H2,(H,17,19)/b2-1-. The molecule has 0 saturated carbocycles. The first-order valence-corrected chi connectivity index (χ1v) is 6.71. The van der Waals surface area contributed by atoms with E-state index in [2.05, 4.69) is 10.6 Å². The van der Waals surface area contributed by atoms with E-state index >= 15 is 0 Å². The van der Waals surface area contributed by atoms with Gasteiger partial charge in [-0.25, -0.2) is 0 Å². The summed E-state index contributed by atoms with van der Waals surface area (Å²) in [5.74, 6) is -0.578. The minimum Gasteiger partial charge on any atom is -0.351 e. The molecule has 0 saturated heterocycles. The van der Waals surface area contributed by atoms with E-state index in [1.165, 1.54) is 17.1 Å². The van der Waals surface area contributed by atoms with Crippen LogP contribution in [0.4, 0.5) is 0 Å². The third-order valence-electron chi connectivity index (χ3n) is 2.41. The molecular formula is C12H26N6O2. The largest absolute Gasteiger partial charge is 0.351 e. The molecule has 8 nitrogen and oxygen atoms in total. The number of carbonyl (C=O) groups is 2. The SMILES string of the molecule is NCCNCCNC(=O)/C=C\C(=O)N(CCN)CCN. The molecule has 0 unspecified atom stereocenters. The first-order valence-electron chi connectivity index (χ1n) is 6.71. The minimum absolute atomic E-state index is 0.266. The fourth-order valence-corrected chi connectivity index (χ4v) is 1.46. The van der Waals surface area contributed by atoms with Crippen molar-refractivity contribution < 1.29 is 9.59 Å². The summed E-state index contributed by atoms with van der Waals surface area (Å²) in [6, 6.07) is 0. The molecule has 0 aromatic rings. The summed E-state index contributed by atoms with van der Waals surface area (Å²) in [5.41, 5.74) is 16.1. The van der Waals surface area contributed by atoms with E-state index in [0.29, 0.717) is 52.4 Å². The Morgan fingerprint density at radius 3 is 2.10 bits per heavy atom. The monoisotopic (exact) mass is 286 g/mol. The summed E-state index contributed by atoms with van der Waals surface area (Å²) in [6.45, 7) is 3.94. The lowest BCUT2D eigenvalue weighted by molar-refractivity contribution is -0.126. The van der Waals surface area contributed by atoms with Gasteiger partial charge in [0.25, 0.3) is 0 Å². The number of hydrogen-bond acceptors (Lipinski definition) is 6. The van der Waals surface area contributed by atoms with Gasteiger partial charge in [-0.1, -0.05) is 0 Å². The second kappa shape index (κ2) is 12.5. The Morgan fingerprint density at radius 2 is 1.55 bits per heavy atom. The molecule has 0 spiro atoms. The van der Waals surface area contributed by atoms with Gasteiger partial charge in [-0.3, -0.25) is 9.59 Å². The van der Waals surface area contributed by atoms with Crippen LogP contribution in [0.3, 0.4) is 0 Å². The normalized spacial score (nSPS) is 10.8. The van der Waals surface area contributed by atoms with E-state index < -0.39 is 0 Å². The van der Waals surface area contributed by atoms with Crippen LogP contribution in [0.15, 0.2) is 12.2 Å². The van der Waals surface area contributed by atoms with Crippen molar-refractivity contribution in [2.45, 2.75) is 0 Å². The third-order valence-corrected chi connectivity index (χ3v) is 2.41. The second-order valence-electron chi connectivity index (χ2n) is 4.07. The van der Waals surface area contributed by atoms with Crippen LogP contribution < -0.4 is 27.8 Å². The summed E-state index contributed by atoms with van der Waals surface area (Å²) in [7, 11) is 0. The molecule has 0 rings (SSSR count). The van der Waals surface area contributed by atoms with Crippen LogP contribution in [0.2, 0.25) is 0 Å². The maximum absolute atomic E-state index is 11.8. The minimum atomic E-state index is -0.312. The average Bonchev–Trinajstić information content (AvgIpc) is 2.44. The van der Waals surface area contributed by atoms with Crippen LogP contribution in [0.25, 0.3) is 0 Å². The second-order valence-corrected chi connectivity index (χ2v) is 4.07.